The third-order valence-corrected chi connectivity index (χ3v) is 7.14. The van der Waals surface area contributed by atoms with Crippen LogP contribution < -0.4 is 10.2 Å². The van der Waals surface area contributed by atoms with E-state index in [0.29, 0.717) is 43.9 Å². The number of nitrogens with one attached hydrogen (secondary N) is 1. The van der Waals surface area contributed by atoms with E-state index in [9.17, 15) is 18.0 Å². The van der Waals surface area contributed by atoms with Crippen LogP contribution in [0.1, 0.15) is 46.6 Å². The van der Waals surface area contributed by atoms with Crippen molar-refractivity contribution in [3.63, 3.8) is 0 Å². The van der Waals surface area contributed by atoms with Gasteiger partial charge in [-0.3, -0.25) is 14.5 Å². The van der Waals surface area contributed by atoms with Crippen LogP contribution in [-0.2, 0) is 30.8 Å². The minimum atomic E-state index is -3.61. The molecule has 0 spiro atoms. The summed E-state index contributed by atoms with van der Waals surface area (Å²) in [4.78, 5) is 26.6. The van der Waals surface area contributed by atoms with Crippen LogP contribution in [0.25, 0.3) is 0 Å². The maximum atomic E-state index is 12.8. The van der Waals surface area contributed by atoms with Crippen molar-refractivity contribution in [1.82, 2.24) is 9.62 Å². The summed E-state index contributed by atoms with van der Waals surface area (Å²) in [6.07, 6.45) is 1.10. The minimum Gasteiger partial charge on any atom is -0.379 e. The number of ether oxygens (including phenoxy) is 1. The van der Waals surface area contributed by atoms with Gasteiger partial charge in [-0.25, -0.2) is 8.42 Å². The molecule has 9 heteroatoms. The van der Waals surface area contributed by atoms with Crippen LogP contribution in [0.2, 0.25) is 0 Å². The third-order valence-electron chi connectivity index (χ3n) is 5.09. The number of benzene rings is 1. The summed E-state index contributed by atoms with van der Waals surface area (Å²) in [5, 5.41) is 2.86. The molecule has 0 aliphatic carbocycles. The maximum Gasteiger partial charge on any atom is 0.243 e. The summed E-state index contributed by atoms with van der Waals surface area (Å²) < 4.78 is 32.5. The molecule has 168 valence electrons. The zero-order valence-corrected chi connectivity index (χ0v) is 19.3. The van der Waals surface area contributed by atoms with E-state index >= 15 is 0 Å². The highest BCUT2D eigenvalue weighted by atomic mass is 32.2. The summed E-state index contributed by atoms with van der Waals surface area (Å²) in [6, 6.07) is 4.03. The molecule has 1 N–H and O–H groups in total. The Balaban J connectivity index is 2.17. The highest BCUT2D eigenvalue weighted by Gasteiger charge is 2.37. The number of fused-ring (bicyclic) bond motifs is 1. The van der Waals surface area contributed by atoms with E-state index in [4.69, 9.17) is 4.74 Å². The first-order chi connectivity index (χ1) is 14.1. The van der Waals surface area contributed by atoms with Gasteiger partial charge in [-0.1, -0.05) is 13.8 Å². The van der Waals surface area contributed by atoms with E-state index < -0.39 is 16.1 Å². The van der Waals surface area contributed by atoms with E-state index in [1.54, 1.807) is 26.0 Å². The zero-order valence-electron chi connectivity index (χ0n) is 18.5. The fourth-order valence-electron chi connectivity index (χ4n) is 3.62. The minimum absolute atomic E-state index is 0.139. The Bertz CT molecular complexity index is 865. The zero-order chi connectivity index (χ0) is 22.5. The number of rotatable bonds is 10. The fourth-order valence-corrected chi connectivity index (χ4v) is 5.13. The van der Waals surface area contributed by atoms with Crippen molar-refractivity contribution in [3.8, 4) is 0 Å². The molecule has 2 rings (SSSR count). The third kappa shape index (κ3) is 5.39. The van der Waals surface area contributed by atoms with Crippen LogP contribution in [0, 0.1) is 0 Å². The summed E-state index contributed by atoms with van der Waals surface area (Å²) in [5.41, 5.74) is 1.27. The predicted molar refractivity (Wildman–Crippen MR) is 116 cm³/mol. The first-order valence-electron chi connectivity index (χ1n) is 10.5. The summed E-state index contributed by atoms with van der Waals surface area (Å²) in [5.74, 6) is -0.504. The second-order valence-corrected chi connectivity index (χ2v) is 9.49. The van der Waals surface area contributed by atoms with E-state index in [-0.39, 0.29) is 29.2 Å². The standard InChI is InChI=1S/C21H33N3O5S/c1-6-23(7-2)30(27,28)18-9-10-19-17(13-18)14-20(24(19)16(5)25)21(26)22-11-8-12-29-15(3)4/h9-10,13,15,20H,6-8,11-12,14H2,1-5H3,(H,22,26)/t20-/m1/s1. The molecule has 0 aromatic heterocycles. The van der Waals surface area contributed by atoms with Gasteiger partial charge in [-0.15, -0.1) is 0 Å². The molecule has 2 amide bonds. The molecule has 0 fully saturated rings. The number of nitrogens with zero attached hydrogens (tertiary/aromatic N) is 2. The van der Waals surface area contributed by atoms with Crippen LogP contribution in [-0.4, -0.2) is 62.9 Å². The highest BCUT2D eigenvalue weighted by Crippen LogP contribution is 2.34. The lowest BCUT2D eigenvalue weighted by molar-refractivity contribution is -0.125. The number of hydrogen-bond donors (Lipinski definition) is 1. The van der Waals surface area contributed by atoms with Crippen molar-refractivity contribution in [2.24, 2.45) is 0 Å². The molecular weight excluding hydrogens is 406 g/mol. The molecule has 0 radical (unpaired) electrons. The number of amides is 2. The van der Waals surface area contributed by atoms with Crippen molar-refractivity contribution < 1.29 is 22.7 Å². The van der Waals surface area contributed by atoms with Crippen LogP contribution in [0.4, 0.5) is 5.69 Å². The highest BCUT2D eigenvalue weighted by molar-refractivity contribution is 7.89. The van der Waals surface area contributed by atoms with Gasteiger partial charge in [0.05, 0.1) is 11.0 Å². The lowest BCUT2D eigenvalue weighted by Gasteiger charge is -2.23. The monoisotopic (exact) mass is 439 g/mol. The van der Waals surface area contributed by atoms with Gasteiger partial charge in [0.25, 0.3) is 0 Å². The van der Waals surface area contributed by atoms with E-state index in [1.807, 2.05) is 13.8 Å². The van der Waals surface area contributed by atoms with Gasteiger partial charge in [-0.05, 0) is 44.0 Å². The van der Waals surface area contributed by atoms with Gasteiger partial charge in [-0.2, -0.15) is 4.31 Å². The molecule has 1 atom stereocenters. The summed E-state index contributed by atoms with van der Waals surface area (Å²) in [7, 11) is -3.61. The molecule has 1 aliphatic rings. The van der Waals surface area contributed by atoms with E-state index in [1.165, 1.54) is 22.2 Å². The average Bonchev–Trinajstić information content (AvgIpc) is 3.07. The van der Waals surface area contributed by atoms with Gasteiger partial charge in [0.1, 0.15) is 6.04 Å². The molecule has 8 nitrogen and oxygen atoms in total. The molecule has 1 aromatic carbocycles. The van der Waals surface area contributed by atoms with Gasteiger partial charge < -0.3 is 10.1 Å². The van der Waals surface area contributed by atoms with Crippen LogP contribution >= 0.6 is 0 Å². The molecule has 0 bridgehead atoms. The van der Waals surface area contributed by atoms with Crippen molar-refractivity contribution in [3.05, 3.63) is 23.8 Å². The topological polar surface area (TPSA) is 96.0 Å². The average molecular weight is 440 g/mol. The lowest BCUT2D eigenvalue weighted by Crippen LogP contribution is -2.47. The van der Waals surface area contributed by atoms with Gasteiger partial charge >= 0.3 is 0 Å². The molecule has 0 saturated carbocycles. The Kier molecular flexibility index (Phi) is 8.40. The number of sulfonamides is 1. The van der Waals surface area contributed by atoms with Crippen LogP contribution in [0.3, 0.4) is 0 Å². The number of hydrogen-bond acceptors (Lipinski definition) is 5. The Morgan fingerprint density at radius 2 is 1.93 bits per heavy atom. The molecule has 30 heavy (non-hydrogen) atoms. The second-order valence-electron chi connectivity index (χ2n) is 7.55. The molecule has 1 heterocycles. The molecule has 0 saturated heterocycles. The maximum absolute atomic E-state index is 12.8. The number of carbonyl (C=O) groups is 2. The Hall–Kier alpha value is -1.97. The molecule has 0 unspecified atom stereocenters. The summed E-state index contributed by atoms with van der Waals surface area (Å²) in [6.45, 7) is 10.6. The van der Waals surface area contributed by atoms with Gasteiger partial charge in [0.15, 0.2) is 0 Å². The predicted octanol–water partition coefficient (Wildman–Crippen LogP) is 1.93. The van der Waals surface area contributed by atoms with Crippen LogP contribution in [0.15, 0.2) is 23.1 Å². The Morgan fingerprint density at radius 1 is 1.27 bits per heavy atom. The van der Waals surface area contributed by atoms with Crippen LogP contribution in [0.5, 0.6) is 0 Å². The molecular formula is C21H33N3O5S. The normalized spacial score (nSPS) is 16.2. The Labute approximate surface area is 179 Å². The SMILES string of the molecule is CCN(CC)S(=O)(=O)c1ccc2c(c1)C[C@H](C(=O)NCCCOC(C)C)N2C(C)=O. The van der Waals surface area contributed by atoms with E-state index in [2.05, 4.69) is 5.32 Å². The first-order valence-corrected chi connectivity index (χ1v) is 11.9. The quantitative estimate of drug-likeness (QED) is 0.562. The largest absolute Gasteiger partial charge is 0.379 e. The first kappa shape index (κ1) is 24.3. The van der Waals surface area contributed by atoms with Gasteiger partial charge in [0, 0.05) is 45.3 Å². The lowest BCUT2D eigenvalue weighted by atomic mass is 10.1. The molecule has 1 aliphatic heterocycles. The Morgan fingerprint density at radius 3 is 2.50 bits per heavy atom. The number of carbonyl (C=O) groups excluding carboxylic acids is 2. The fraction of sp³-hybridized carbons (Fsp3) is 0.619. The summed E-state index contributed by atoms with van der Waals surface area (Å²) >= 11 is 0. The smallest absolute Gasteiger partial charge is 0.243 e. The van der Waals surface area contributed by atoms with Crippen molar-refractivity contribution in [1.29, 1.82) is 0 Å². The number of anilines is 1. The van der Waals surface area contributed by atoms with Crippen molar-refractivity contribution in [2.75, 3.05) is 31.1 Å². The van der Waals surface area contributed by atoms with Crippen molar-refractivity contribution >= 4 is 27.5 Å². The second kappa shape index (κ2) is 10.4. The van der Waals surface area contributed by atoms with E-state index in [0.717, 1.165) is 0 Å². The molecule has 1 aromatic rings. The van der Waals surface area contributed by atoms with Gasteiger partial charge in [0.2, 0.25) is 21.8 Å². The van der Waals surface area contributed by atoms with Crippen molar-refractivity contribution in [2.45, 2.75) is 64.5 Å².